The summed E-state index contributed by atoms with van der Waals surface area (Å²) in [6.45, 7) is 0. The second-order valence-corrected chi connectivity index (χ2v) is 5.86. The van der Waals surface area contributed by atoms with Gasteiger partial charge in [0, 0.05) is 0 Å². The Labute approximate surface area is 147 Å². The number of carbonyl (C=O) groups excluding carboxylic acids is 2. The zero-order chi connectivity index (χ0) is 18.1. The predicted octanol–water partition coefficient (Wildman–Crippen LogP) is 2.49. The molecule has 1 atom stereocenters. The van der Waals surface area contributed by atoms with E-state index in [0.717, 1.165) is 17.0 Å². The molecule has 7 nitrogen and oxygen atoms in total. The van der Waals surface area contributed by atoms with Crippen molar-refractivity contribution in [2.45, 2.75) is 12.5 Å². The number of nitrogens with zero attached hydrogens (tertiary/aromatic N) is 1. The molecule has 3 N–H and O–H groups in total. The van der Waals surface area contributed by atoms with Crippen LogP contribution in [0.4, 0.5) is 11.4 Å². The maximum atomic E-state index is 12.6. The fourth-order valence-corrected chi connectivity index (χ4v) is 2.81. The Bertz CT molecular complexity index is 883. The van der Waals surface area contributed by atoms with Gasteiger partial charge in [0.05, 0.1) is 22.8 Å². The summed E-state index contributed by atoms with van der Waals surface area (Å²) >= 11 is 6.05. The minimum absolute atomic E-state index is 0.0899. The number of amides is 2. The number of benzene rings is 2. The van der Waals surface area contributed by atoms with Crippen LogP contribution in [-0.4, -0.2) is 34.0 Å². The molecule has 1 aliphatic rings. The molecule has 0 radical (unpaired) electrons. The molecule has 128 valence electrons. The number of phenols is 1. The smallest absolute Gasteiger partial charge is 0.339 e. The molecule has 2 amide bonds. The van der Waals surface area contributed by atoms with Gasteiger partial charge in [0.25, 0.3) is 5.91 Å². The lowest BCUT2D eigenvalue weighted by molar-refractivity contribution is -0.121. The van der Waals surface area contributed by atoms with E-state index in [1.54, 1.807) is 24.3 Å². The molecule has 2 aromatic rings. The van der Waals surface area contributed by atoms with Gasteiger partial charge < -0.3 is 15.5 Å². The summed E-state index contributed by atoms with van der Waals surface area (Å²) in [5.74, 6) is -2.80. The molecule has 2 aromatic carbocycles. The van der Waals surface area contributed by atoms with E-state index in [-0.39, 0.29) is 17.7 Å². The Morgan fingerprint density at radius 3 is 2.60 bits per heavy atom. The predicted molar refractivity (Wildman–Crippen MR) is 91.0 cm³/mol. The van der Waals surface area contributed by atoms with Crippen molar-refractivity contribution >= 4 is 40.8 Å². The van der Waals surface area contributed by atoms with Crippen LogP contribution < -0.4 is 10.2 Å². The summed E-state index contributed by atoms with van der Waals surface area (Å²) in [5.41, 5.74) is 0.225. The highest BCUT2D eigenvalue weighted by Gasteiger charge is 2.40. The van der Waals surface area contributed by atoms with E-state index in [2.05, 4.69) is 5.32 Å². The number of hydrogen-bond donors (Lipinski definition) is 3. The number of halogens is 1. The van der Waals surface area contributed by atoms with Gasteiger partial charge in [-0.15, -0.1) is 0 Å². The Morgan fingerprint density at radius 1 is 1.20 bits per heavy atom. The van der Waals surface area contributed by atoms with Crippen LogP contribution in [0, 0.1) is 0 Å². The molecule has 0 aromatic heterocycles. The Kier molecular flexibility index (Phi) is 4.33. The summed E-state index contributed by atoms with van der Waals surface area (Å²) in [5, 5.41) is 22.0. The molecule has 1 unspecified atom stereocenters. The van der Waals surface area contributed by atoms with Crippen molar-refractivity contribution in [2.24, 2.45) is 0 Å². The maximum absolute atomic E-state index is 12.6. The summed E-state index contributed by atoms with van der Waals surface area (Å²) in [4.78, 5) is 36.9. The fourth-order valence-electron chi connectivity index (χ4n) is 2.62. The second-order valence-electron chi connectivity index (χ2n) is 5.45. The quantitative estimate of drug-likeness (QED) is 0.723. The number of carbonyl (C=O) groups is 3. The van der Waals surface area contributed by atoms with Crippen molar-refractivity contribution in [3.63, 3.8) is 0 Å². The van der Waals surface area contributed by atoms with Crippen LogP contribution in [0.15, 0.2) is 42.5 Å². The fraction of sp³-hybridized carbons (Fsp3) is 0.118. The van der Waals surface area contributed by atoms with Crippen molar-refractivity contribution in [1.82, 2.24) is 0 Å². The summed E-state index contributed by atoms with van der Waals surface area (Å²) < 4.78 is 0. The maximum Gasteiger partial charge on any atom is 0.339 e. The minimum Gasteiger partial charge on any atom is -0.507 e. The normalized spacial score (nSPS) is 17.0. The summed E-state index contributed by atoms with van der Waals surface area (Å²) in [7, 11) is 0. The largest absolute Gasteiger partial charge is 0.507 e. The average molecular weight is 361 g/mol. The SMILES string of the molecule is O=C(O)c1cc(N2C(=O)CC(Nc3ccccc3Cl)C2=O)ccc1O. The number of carboxylic acid groups (broad SMARTS) is 1. The summed E-state index contributed by atoms with van der Waals surface area (Å²) in [6, 6.07) is 9.55. The molecule has 1 heterocycles. The van der Waals surface area contributed by atoms with E-state index >= 15 is 0 Å². The van der Waals surface area contributed by atoms with E-state index in [4.69, 9.17) is 16.7 Å². The molecule has 1 saturated heterocycles. The second kappa shape index (κ2) is 6.45. The Morgan fingerprint density at radius 2 is 1.92 bits per heavy atom. The van der Waals surface area contributed by atoms with E-state index in [0.29, 0.717) is 10.7 Å². The van der Waals surface area contributed by atoms with Gasteiger partial charge in [0.15, 0.2) is 0 Å². The molecular formula is C17H13ClN2O5. The van der Waals surface area contributed by atoms with E-state index in [9.17, 15) is 19.5 Å². The molecule has 1 aliphatic heterocycles. The Balaban J connectivity index is 1.88. The van der Waals surface area contributed by atoms with Crippen molar-refractivity contribution in [1.29, 1.82) is 0 Å². The van der Waals surface area contributed by atoms with Gasteiger partial charge in [-0.3, -0.25) is 9.59 Å². The lowest BCUT2D eigenvalue weighted by Gasteiger charge is -2.17. The number of aromatic carboxylic acids is 1. The number of rotatable bonds is 4. The van der Waals surface area contributed by atoms with E-state index < -0.39 is 29.6 Å². The van der Waals surface area contributed by atoms with Gasteiger partial charge in [-0.25, -0.2) is 9.69 Å². The standard InChI is InChI=1S/C17H13ClN2O5/c18-11-3-1-2-4-12(11)19-13-8-15(22)20(16(13)23)9-5-6-14(21)10(7-9)17(24)25/h1-7,13,19,21H,8H2,(H,24,25). The van der Waals surface area contributed by atoms with E-state index in [1.165, 1.54) is 6.07 Å². The number of para-hydroxylation sites is 1. The third-order valence-corrected chi connectivity index (χ3v) is 4.15. The number of carboxylic acids is 1. The third-order valence-electron chi connectivity index (χ3n) is 3.82. The number of nitrogens with one attached hydrogen (secondary N) is 1. The molecule has 25 heavy (non-hydrogen) atoms. The van der Waals surface area contributed by atoms with Gasteiger partial charge >= 0.3 is 5.97 Å². The first-order chi connectivity index (χ1) is 11.9. The third kappa shape index (κ3) is 3.14. The number of anilines is 2. The van der Waals surface area contributed by atoms with Crippen LogP contribution in [0.3, 0.4) is 0 Å². The molecule has 1 fully saturated rings. The van der Waals surface area contributed by atoms with Crippen LogP contribution in [-0.2, 0) is 9.59 Å². The Hall–Kier alpha value is -3.06. The van der Waals surface area contributed by atoms with Crippen LogP contribution in [0.25, 0.3) is 0 Å². The molecular weight excluding hydrogens is 348 g/mol. The molecule has 8 heteroatoms. The lowest BCUT2D eigenvalue weighted by atomic mass is 10.1. The monoisotopic (exact) mass is 360 g/mol. The molecule has 0 spiro atoms. The minimum atomic E-state index is -1.36. The number of aromatic hydroxyl groups is 1. The van der Waals surface area contributed by atoms with Crippen LogP contribution in [0.1, 0.15) is 16.8 Å². The van der Waals surface area contributed by atoms with Gasteiger partial charge in [0.2, 0.25) is 5.91 Å². The van der Waals surface area contributed by atoms with Gasteiger partial charge in [-0.05, 0) is 30.3 Å². The zero-order valence-corrected chi connectivity index (χ0v) is 13.5. The zero-order valence-electron chi connectivity index (χ0n) is 12.8. The van der Waals surface area contributed by atoms with Crippen molar-refractivity contribution in [2.75, 3.05) is 10.2 Å². The van der Waals surface area contributed by atoms with Crippen LogP contribution in [0.5, 0.6) is 5.75 Å². The number of hydrogen-bond acceptors (Lipinski definition) is 5. The average Bonchev–Trinajstić information content (AvgIpc) is 2.84. The van der Waals surface area contributed by atoms with Gasteiger partial charge in [-0.1, -0.05) is 23.7 Å². The van der Waals surface area contributed by atoms with Crippen LogP contribution in [0.2, 0.25) is 5.02 Å². The first-order valence-corrected chi connectivity index (χ1v) is 7.70. The highest BCUT2D eigenvalue weighted by molar-refractivity contribution is 6.33. The lowest BCUT2D eigenvalue weighted by Crippen LogP contribution is -2.35. The van der Waals surface area contributed by atoms with Crippen molar-refractivity contribution < 1.29 is 24.6 Å². The molecule has 3 rings (SSSR count). The summed E-state index contributed by atoms with van der Waals surface area (Å²) in [6.07, 6.45) is -0.0899. The van der Waals surface area contributed by atoms with E-state index in [1.807, 2.05) is 0 Å². The van der Waals surface area contributed by atoms with Gasteiger partial charge in [-0.2, -0.15) is 0 Å². The van der Waals surface area contributed by atoms with Gasteiger partial charge in [0.1, 0.15) is 17.4 Å². The van der Waals surface area contributed by atoms with Crippen LogP contribution >= 0.6 is 11.6 Å². The molecule has 0 saturated carbocycles. The van der Waals surface area contributed by atoms with Crippen molar-refractivity contribution in [3.8, 4) is 5.75 Å². The first kappa shape index (κ1) is 16.8. The first-order valence-electron chi connectivity index (χ1n) is 7.32. The topological polar surface area (TPSA) is 107 Å². The molecule has 0 aliphatic carbocycles. The highest BCUT2D eigenvalue weighted by Crippen LogP contribution is 2.30. The van der Waals surface area contributed by atoms with Crippen molar-refractivity contribution in [3.05, 3.63) is 53.1 Å². The number of imide groups is 1. The molecule has 0 bridgehead atoms. The highest BCUT2D eigenvalue weighted by atomic mass is 35.5.